The van der Waals surface area contributed by atoms with Crippen LogP contribution < -0.4 is 0 Å². The summed E-state index contributed by atoms with van der Waals surface area (Å²) in [7, 11) is 2.12. The van der Waals surface area contributed by atoms with Crippen LogP contribution in [0, 0.1) is 10.8 Å². The number of rotatable bonds is 6. The van der Waals surface area contributed by atoms with Crippen LogP contribution in [0.25, 0.3) is 0 Å². The van der Waals surface area contributed by atoms with E-state index in [4.69, 9.17) is 9.84 Å². The zero-order valence-corrected chi connectivity index (χ0v) is 11.1. The molecule has 0 aliphatic carbocycles. The fourth-order valence-corrected chi connectivity index (χ4v) is 2.23. The Morgan fingerprint density at radius 2 is 2.35 bits per heavy atom. The van der Waals surface area contributed by atoms with E-state index in [1.54, 1.807) is 0 Å². The summed E-state index contributed by atoms with van der Waals surface area (Å²) in [5.41, 5.74) is -0.137. The minimum absolute atomic E-state index is 0.0444. The molecule has 0 aromatic rings. The van der Waals surface area contributed by atoms with Crippen LogP contribution in [0.4, 0.5) is 0 Å². The molecular formula is C12H24N2O3. The van der Waals surface area contributed by atoms with Crippen molar-refractivity contribution < 1.29 is 9.84 Å². The normalized spacial score (nSPS) is 32.4. The lowest BCUT2D eigenvalue weighted by Gasteiger charge is -2.42. The van der Waals surface area contributed by atoms with Gasteiger partial charge in [0.05, 0.1) is 18.8 Å². The molecule has 1 heterocycles. The van der Waals surface area contributed by atoms with E-state index in [0.717, 1.165) is 19.4 Å². The Labute approximate surface area is 103 Å². The molecular weight excluding hydrogens is 220 g/mol. The monoisotopic (exact) mass is 244 g/mol. The van der Waals surface area contributed by atoms with Gasteiger partial charge in [-0.3, -0.25) is 0 Å². The van der Waals surface area contributed by atoms with Gasteiger partial charge in [-0.25, -0.2) is 0 Å². The zero-order valence-electron chi connectivity index (χ0n) is 11.1. The third kappa shape index (κ3) is 4.33. The topological polar surface area (TPSA) is 62.1 Å². The average molecular weight is 244 g/mol. The Morgan fingerprint density at radius 1 is 1.65 bits per heavy atom. The van der Waals surface area contributed by atoms with Crippen molar-refractivity contribution >= 4 is 0 Å². The molecule has 1 fully saturated rings. The summed E-state index contributed by atoms with van der Waals surface area (Å²) in [6.45, 7) is 5.82. The van der Waals surface area contributed by atoms with Gasteiger partial charge in [-0.2, -0.15) is 4.91 Å². The fraction of sp³-hybridized carbons (Fsp3) is 1.00. The molecule has 0 radical (unpaired) electrons. The van der Waals surface area contributed by atoms with Gasteiger partial charge in [-0.1, -0.05) is 5.18 Å². The number of ether oxygens (including phenoxy) is 1. The van der Waals surface area contributed by atoms with Crippen molar-refractivity contribution in [2.45, 2.75) is 38.3 Å². The Bertz CT molecular complexity index is 250. The summed E-state index contributed by atoms with van der Waals surface area (Å²) in [5.74, 6) is -0.167. The molecule has 3 unspecified atom stereocenters. The van der Waals surface area contributed by atoms with E-state index in [-0.39, 0.29) is 24.7 Å². The van der Waals surface area contributed by atoms with Gasteiger partial charge in [-0.05, 0) is 33.7 Å². The van der Waals surface area contributed by atoms with Crippen molar-refractivity contribution in [3.05, 3.63) is 4.91 Å². The maximum atomic E-state index is 10.2. The molecule has 0 spiro atoms. The van der Waals surface area contributed by atoms with Crippen molar-refractivity contribution in [1.29, 1.82) is 0 Å². The number of hydrogen-bond acceptors (Lipinski definition) is 5. The lowest BCUT2D eigenvalue weighted by molar-refractivity contribution is -0.0955. The number of aliphatic hydroxyl groups excluding tert-OH is 1. The molecule has 1 saturated heterocycles. The highest BCUT2D eigenvalue weighted by Gasteiger charge is 2.34. The van der Waals surface area contributed by atoms with Gasteiger partial charge < -0.3 is 14.7 Å². The van der Waals surface area contributed by atoms with Gasteiger partial charge in [0.15, 0.2) is 0 Å². The van der Waals surface area contributed by atoms with Gasteiger partial charge in [0, 0.05) is 25.1 Å². The number of hydrogen-bond donors (Lipinski definition) is 1. The number of aliphatic hydroxyl groups is 1. The standard InChI is InChI=1S/C12H24N2O3/c1-10-6-12(2,4-5-14(10)3)17-9-11(8-15)7-13-16/h10-11,15H,4-9H2,1-3H3. The maximum absolute atomic E-state index is 10.2. The smallest absolute Gasteiger partial charge is 0.0883 e. The van der Waals surface area contributed by atoms with Crippen LogP contribution in [0.2, 0.25) is 0 Å². The molecule has 0 aromatic carbocycles. The summed E-state index contributed by atoms with van der Waals surface area (Å²) in [6, 6.07) is 0.505. The van der Waals surface area contributed by atoms with Crippen LogP contribution in [-0.4, -0.2) is 55.0 Å². The van der Waals surface area contributed by atoms with Crippen LogP contribution in [0.3, 0.4) is 0 Å². The molecule has 1 aliphatic rings. The van der Waals surface area contributed by atoms with E-state index in [2.05, 4.69) is 31.0 Å². The molecule has 5 heteroatoms. The first kappa shape index (κ1) is 14.5. The van der Waals surface area contributed by atoms with Crippen LogP contribution >= 0.6 is 0 Å². The van der Waals surface area contributed by atoms with Crippen molar-refractivity contribution in [2.24, 2.45) is 11.1 Å². The highest BCUT2D eigenvalue weighted by molar-refractivity contribution is 4.87. The summed E-state index contributed by atoms with van der Waals surface area (Å²) < 4.78 is 5.91. The van der Waals surface area contributed by atoms with E-state index >= 15 is 0 Å². The van der Waals surface area contributed by atoms with Crippen molar-refractivity contribution in [3.8, 4) is 0 Å². The van der Waals surface area contributed by atoms with Gasteiger partial charge in [0.2, 0.25) is 0 Å². The predicted molar refractivity (Wildman–Crippen MR) is 66.9 cm³/mol. The second-order valence-corrected chi connectivity index (χ2v) is 5.40. The van der Waals surface area contributed by atoms with Gasteiger partial charge in [0.1, 0.15) is 0 Å². The maximum Gasteiger partial charge on any atom is 0.0883 e. The van der Waals surface area contributed by atoms with E-state index in [0.29, 0.717) is 12.6 Å². The van der Waals surface area contributed by atoms with E-state index in [1.165, 1.54) is 0 Å². The quantitative estimate of drug-likeness (QED) is 0.714. The van der Waals surface area contributed by atoms with Gasteiger partial charge >= 0.3 is 0 Å². The SMILES string of the molecule is CC1CC(C)(OCC(CO)CN=O)CCN1C. The van der Waals surface area contributed by atoms with Crippen LogP contribution in [-0.2, 0) is 4.74 Å². The fourth-order valence-electron chi connectivity index (χ4n) is 2.23. The highest BCUT2D eigenvalue weighted by Crippen LogP contribution is 2.29. The summed E-state index contributed by atoms with van der Waals surface area (Å²) in [4.78, 5) is 12.5. The van der Waals surface area contributed by atoms with Gasteiger partial charge in [0.25, 0.3) is 0 Å². The van der Waals surface area contributed by atoms with Crippen LogP contribution in [0.1, 0.15) is 26.7 Å². The van der Waals surface area contributed by atoms with Crippen LogP contribution in [0.15, 0.2) is 5.18 Å². The van der Waals surface area contributed by atoms with Crippen molar-refractivity contribution in [2.75, 3.05) is 33.4 Å². The molecule has 5 nitrogen and oxygen atoms in total. The number of likely N-dealkylation sites (tertiary alicyclic amines) is 1. The Balaban J connectivity index is 2.41. The van der Waals surface area contributed by atoms with Crippen molar-refractivity contribution in [3.63, 3.8) is 0 Å². The van der Waals surface area contributed by atoms with E-state index in [9.17, 15) is 4.91 Å². The molecule has 1 rings (SSSR count). The largest absolute Gasteiger partial charge is 0.396 e. The minimum atomic E-state index is -0.167. The number of nitroso groups, excluding NO2 is 1. The summed E-state index contributed by atoms with van der Waals surface area (Å²) in [6.07, 6.45) is 1.97. The zero-order chi connectivity index (χ0) is 12.9. The molecule has 0 amide bonds. The Hall–Kier alpha value is -0.520. The van der Waals surface area contributed by atoms with E-state index < -0.39 is 0 Å². The molecule has 1 aliphatic heterocycles. The van der Waals surface area contributed by atoms with Gasteiger partial charge in [-0.15, -0.1) is 0 Å². The molecule has 17 heavy (non-hydrogen) atoms. The highest BCUT2D eigenvalue weighted by atomic mass is 16.5. The first-order chi connectivity index (χ1) is 8.00. The predicted octanol–water partition coefficient (Wildman–Crippen LogP) is 1.25. The molecule has 1 N–H and O–H groups in total. The molecule has 0 aromatic heterocycles. The lowest BCUT2D eigenvalue weighted by Crippen LogP contribution is -2.48. The van der Waals surface area contributed by atoms with E-state index in [1.807, 2.05) is 0 Å². The average Bonchev–Trinajstić information content (AvgIpc) is 2.30. The second-order valence-electron chi connectivity index (χ2n) is 5.40. The third-order valence-corrected chi connectivity index (χ3v) is 3.73. The third-order valence-electron chi connectivity index (χ3n) is 3.73. The second kappa shape index (κ2) is 6.42. The minimum Gasteiger partial charge on any atom is -0.396 e. The first-order valence-corrected chi connectivity index (χ1v) is 6.25. The number of piperidine rings is 1. The molecule has 0 bridgehead atoms. The summed E-state index contributed by atoms with van der Waals surface area (Å²) >= 11 is 0. The first-order valence-electron chi connectivity index (χ1n) is 6.25. The Kier molecular flexibility index (Phi) is 5.49. The lowest BCUT2D eigenvalue weighted by atomic mass is 9.88. The number of nitrogens with zero attached hydrogens (tertiary/aromatic N) is 2. The van der Waals surface area contributed by atoms with Crippen LogP contribution in [0.5, 0.6) is 0 Å². The van der Waals surface area contributed by atoms with Crippen molar-refractivity contribution in [1.82, 2.24) is 4.90 Å². The molecule has 100 valence electrons. The summed E-state index contributed by atoms with van der Waals surface area (Å²) in [5, 5.41) is 11.9. The molecule has 3 atom stereocenters. The molecule has 0 saturated carbocycles. The Morgan fingerprint density at radius 3 is 2.88 bits per heavy atom.